The molecule has 0 aliphatic heterocycles. The number of hydrogen-bond donors (Lipinski definition) is 3. The van der Waals surface area contributed by atoms with Crippen LogP contribution >= 0.6 is 0 Å². The number of carbonyl (C=O) groups is 2. The van der Waals surface area contributed by atoms with Crippen molar-refractivity contribution in [2.24, 2.45) is 5.92 Å². The molecule has 3 N–H and O–H groups in total. The van der Waals surface area contributed by atoms with Crippen molar-refractivity contribution in [2.75, 3.05) is 18.4 Å². The first-order chi connectivity index (χ1) is 12.7. The zero-order valence-corrected chi connectivity index (χ0v) is 15.8. The molecule has 1 saturated carbocycles. The molecule has 152 valence electrons. The standard InChI is InChI=1S/C17H27F2N5O3/c1-4-23(9-14(25)26)12-5-11(6-12)20-17(27)21-13-8-24(7-10(2)3)22-15(13)16(18)19/h8,10-12,16H,4-7,9H2,1-3H3,(H,25,26)(H2,20,21,27). The molecule has 1 fully saturated rings. The SMILES string of the molecule is CCN(CC(=O)O)C1CC(NC(=O)Nc2cn(CC(C)C)nc2C(F)F)C1. The van der Waals surface area contributed by atoms with Crippen LogP contribution in [0.3, 0.4) is 0 Å². The third kappa shape index (κ3) is 5.88. The average molecular weight is 387 g/mol. The fourth-order valence-corrected chi connectivity index (χ4v) is 3.18. The third-order valence-electron chi connectivity index (χ3n) is 4.51. The van der Waals surface area contributed by atoms with Gasteiger partial charge in [0, 0.05) is 24.8 Å². The minimum Gasteiger partial charge on any atom is -0.480 e. The summed E-state index contributed by atoms with van der Waals surface area (Å²) in [4.78, 5) is 24.8. The zero-order valence-electron chi connectivity index (χ0n) is 15.8. The number of nitrogens with one attached hydrogen (secondary N) is 2. The van der Waals surface area contributed by atoms with Crippen molar-refractivity contribution in [2.45, 2.75) is 58.7 Å². The van der Waals surface area contributed by atoms with Crippen LogP contribution in [0.25, 0.3) is 0 Å². The Hall–Kier alpha value is -2.23. The van der Waals surface area contributed by atoms with Crippen LogP contribution in [-0.4, -0.2) is 57.0 Å². The highest BCUT2D eigenvalue weighted by Gasteiger charge is 2.35. The van der Waals surface area contributed by atoms with Crippen LogP contribution in [0.5, 0.6) is 0 Å². The minimum atomic E-state index is -2.78. The van der Waals surface area contributed by atoms with Gasteiger partial charge in [0.1, 0.15) is 0 Å². The molecule has 0 atom stereocenters. The second-order valence-corrected chi connectivity index (χ2v) is 7.22. The maximum Gasteiger partial charge on any atom is 0.319 e. The number of carboxylic acids is 1. The van der Waals surface area contributed by atoms with E-state index in [2.05, 4.69) is 15.7 Å². The van der Waals surface area contributed by atoms with E-state index in [1.54, 1.807) is 0 Å². The van der Waals surface area contributed by atoms with Gasteiger partial charge in [-0.25, -0.2) is 13.6 Å². The number of nitrogens with zero attached hydrogens (tertiary/aromatic N) is 3. The smallest absolute Gasteiger partial charge is 0.319 e. The predicted molar refractivity (Wildman–Crippen MR) is 95.9 cm³/mol. The first-order valence-electron chi connectivity index (χ1n) is 9.08. The van der Waals surface area contributed by atoms with Gasteiger partial charge in [-0.1, -0.05) is 20.8 Å². The van der Waals surface area contributed by atoms with E-state index in [1.807, 2.05) is 25.7 Å². The topological polar surface area (TPSA) is 99.5 Å². The summed E-state index contributed by atoms with van der Waals surface area (Å²) in [5.41, 5.74) is -0.448. The number of halogens is 2. The van der Waals surface area contributed by atoms with Gasteiger partial charge in [0.2, 0.25) is 0 Å². The van der Waals surface area contributed by atoms with Gasteiger partial charge in [-0.15, -0.1) is 0 Å². The number of alkyl halides is 2. The van der Waals surface area contributed by atoms with Crippen LogP contribution in [0.15, 0.2) is 6.20 Å². The molecule has 1 aliphatic rings. The third-order valence-corrected chi connectivity index (χ3v) is 4.51. The van der Waals surface area contributed by atoms with E-state index >= 15 is 0 Å². The van der Waals surface area contributed by atoms with Crippen molar-refractivity contribution in [1.82, 2.24) is 20.0 Å². The molecule has 0 radical (unpaired) electrons. The van der Waals surface area contributed by atoms with Crippen molar-refractivity contribution in [3.8, 4) is 0 Å². The maximum atomic E-state index is 13.2. The van der Waals surface area contributed by atoms with Crippen LogP contribution in [-0.2, 0) is 11.3 Å². The highest BCUT2D eigenvalue weighted by molar-refractivity contribution is 5.90. The molecule has 1 aromatic rings. The number of aliphatic carboxylic acids is 1. The van der Waals surface area contributed by atoms with Gasteiger partial charge in [-0.3, -0.25) is 14.4 Å². The lowest BCUT2D eigenvalue weighted by Gasteiger charge is -2.42. The van der Waals surface area contributed by atoms with Crippen LogP contribution < -0.4 is 10.6 Å². The normalized spacial score (nSPS) is 19.4. The fraction of sp³-hybridized carbons (Fsp3) is 0.706. The molecule has 0 unspecified atom stereocenters. The second kappa shape index (κ2) is 9.12. The quantitative estimate of drug-likeness (QED) is 0.605. The van der Waals surface area contributed by atoms with Gasteiger partial charge >= 0.3 is 12.0 Å². The van der Waals surface area contributed by atoms with E-state index in [1.165, 1.54) is 10.9 Å². The van der Waals surface area contributed by atoms with Gasteiger partial charge < -0.3 is 15.7 Å². The summed E-state index contributed by atoms with van der Waals surface area (Å²) in [7, 11) is 0. The van der Waals surface area contributed by atoms with E-state index in [0.29, 0.717) is 25.9 Å². The van der Waals surface area contributed by atoms with Gasteiger partial charge in [-0.2, -0.15) is 5.10 Å². The summed E-state index contributed by atoms with van der Waals surface area (Å²) in [5, 5.41) is 17.9. The highest BCUT2D eigenvalue weighted by Crippen LogP contribution is 2.27. The van der Waals surface area contributed by atoms with Gasteiger partial charge in [0.15, 0.2) is 5.69 Å². The lowest BCUT2D eigenvalue weighted by molar-refractivity contribution is -0.139. The van der Waals surface area contributed by atoms with E-state index in [-0.39, 0.29) is 30.2 Å². The average Bonchev–Trinajstić information content (AvgIpc) is 2.90. The molecule has 2 amide bonds. The van der Waals surface area contributed by atoms with Crippen molar-refractivity contribution < 1.29 is 23.5 Å². The molecule has 2 rings (SSSR count). The van der Waals surface area contributed by atoms with Crippen LogP contribution in [0.2, 0.25) is 0 Å². The molecule has 10 heteroatoms. The molecule has 1 aliphatic carbocycles. The number of anilines is 1. The highest BCUT2D eigenvalue weighted by atomic mass is 19.3. The van der Waals surface area contributed by atoms with Crippen LogP contribution in [0.1, 0.15) is 45.7 Å². The van der Waals surface area contributed by atoms with Crippen molar-refractivity contribution in [3.63, 3.8) is 0 Å². The molecule has 1 aromatic heterocycles. The Balaban J connectivity index is 1.88. The van der Waals surface area contributed by atoms with E-state index < -0.39 is 24.1 Å². The Morgan fingerprint density at radius 3 is 2.59 bits per heavy atom. The van der Waals surface area contributed by atoms with Crippen molar-refractivity contribution in [3.05, 3.63) is 11.9 Å². The van der Waals surface area contributed by atoms with Gasteiger partial charge in [0.25, 0.3) is 6.43 Å². The summed E-state index contributed by atoms with van der Waals surface area (Å²) < 4.78 is 27.7. The zero-order chi connectivity index (χ0) is 20.1. The summed E-state index contributed by atoms with van der Waals surface area (Å²) in [5.74, 6) is -0.653. The number of carboxylic acid groups (broad SMARTS) is 1. The summed E-state index contributed by atoms with van der Waals surface area (Å²) in [6, 6.07) is -0.578. The Labute approximate surface area is 156 Å². The Morgan fingerprint density at radius 2 is 2.07 bits per heavy atom. The van der Waals surface area contributed by atoms with Crippen molar-refractivity contribution >= 4 is 17.7 Å². The lowest BCUT2D eigenvalue weighted by Crippen LogP contribution is -2.55. The van der Waals surface area contributed by atoms with E-state index in [9.17, 15) is 18.4 Å². The first-order valence-corrected chi connectivity index (χ1v) is 9.08. The van der Waals surface area contributed by atoms with Crippen molar-refractivity contribution in [1.29, 1.82) is 0 Å². The summed E-state index contributed by atoms with van der Waals surface area (Å²) in [6.07, 6.45) is -0.113. The molecule has 27 heavy (non-hydrogen) atoms. The Morgan fingerprint density at radius 1 is 1.41 bits per heavy atom. The number of urea groups is 1. The first kappa shape index (κ1) is 21.1. The van der Waals surface area contributed by atoms with Gasteiger partial charge in [0.05, 0.1) is 12.2 Å². The molecule has 1 heterocycles. The predicted octanol–water partition coefficient (Wildman–Crippen LogP) is 2.54. The number of aromatic nitrogens is 2. The lowest BCUT2D eigenvalue weighted by atomic mass is 9.85. The van der Waals surface area contributed by atoms with Crippen LogP contribution in [0.4, 0.5) is 19.3 Å². The minimum absolute atomic E-state index is 0.0000791. The van der Waals surface area contributed by atoms with Gasteiger partial charge in [-0.05, 0) is 25.3 Å². The number of amides is 2. The number of hydrogen-bond acceptors (Lipinski definition) is 4. The molecular weight excluding hydrogens is 360 g/mol. The fourth-order valence-electron chi connectivity index (χ4n) is 3.18. The molecule has 8 nitrogen and oxygen atoms in total. The Bertz CT molecular complexity index is 659. The number of likely N-dealkylation sites (N-methyl/N-ethyl adjacent to an activating group) is 1. The maximum absolute atomic E-state index is 13.2. The molecule has 0 bridgehead atoms. The number of rotatable bonds is 9. The molecular formula is C17H27F2N5O3. The molecule has 0 aromatic carbocycles. The van der Waals surface area contributed by atoms with E-state index in [0.717, 1.165) is 0 Å². The monoisotopic (exact) mass is 387 g/mol. The Kier molecular flexibility index (Phi) is 7.11. The summed E-state index contributed by atoms with van der Waals surface area (Å²) >= 11 is 0. The van der Waals surface area contributed by atoms with Crippen LogP contribution in [0, 0.1) is 5.92 Å². The van der Waals surface area contributed by atoms with E-state index in [4.69, 9.17) is 5.11 Å². The molecule has 0 saturated heterocycles. The summed E-state index contributed by atoms with van der Waals surface area (Å²) in [6.45, 7) is 6.83. The molecule has 0 spiro atoms. The largest absolute Gasteiger partial charge is 0.480 e. The number of carbonyl (C=O) groups excluding carboxylic acids is 1. The second-order valence-electron chi connectivity index (χ2n) is 7.22.